The summed E-state index contributed by atoms with van der Waals surface area (Å²) in [5.74, 6) is 2.32. The molecule has 1 aromatic rings. The largest absolute Gasteiger partial charge is 0.405 e. The van der Waals surface area contributed by atoms with Gasteiger partial charge in [-0.15, -0.1) is 0 Å². The van der Waals surface area contributed by atoms with Crippen LogP contribution in [0.5, 0.6) is 0 Å². The minimum absolute atomic E-state index is 0.159. The van der Waals surface area contributed by atoms with Crippen molar-refractivity contribution in [3.05, 3.63) is 65.9 Å². The van der Waals surface area contributed by atoms with Crippen molar-refractivity contribution in [2.45, 2.75) is 71.9 Å². The lowest BCUT2D eigenvalue weighted by molar-refractivity contribution is 0.237. The molecule has 0 aliphatic heterocycles. The summed E-state index contributed by atoms with van der Waals surface area (Å²) in [6.45, 7) is 16.3. The zero-order chi connectivity index (χ0) is 21.6. The maximum absolute atomic E-state index is 13.6. The molecule has 1 fully saturated rings. The highest BCUT2D eigenvalue weighted by Gasteiger charge is 2.26. The maximum Gasteiger partial charge on any atom is 0.123 e. The molecule has 0 radical (unpaired) electrons. The van der Waals surface area contributed by atoms with Crippen LogP contribution in [0.1, 0.15) is 64.5 Å². The van der Waals surface area contributed by atoms with Gasteiger partial charge in [-0.3, -0.25) is 0 Å². The monoisotopic (exact) mass is 399 g/mol. The standard InChI is InChI=1S/C23H33FN2.C2H5N/c1-14(2)18-7-6-8-21(11-18)26-17(5)25-16(4)22-12-19-9-10-20(24)13-23(19)15(22)3;1-2-3/h9-10,13-14,16,18,21,25-26H,5-8,11-12H2,1-4H3;2H,1,3H2. The lowest BCUT2D eigenvalue weighted by atomic mass is 9.79. The molecule has 0 bridgehead atoms. The second kappa shape index (κ2) is 10.5. The average Bonchev–Trinajstić information content (AvgIpc) is 2.99. The quantitative estimate of drug-likeness (QED) is 0.592. The van der Waals surface area contributed by atoms with Gasteiger partial charge in [0.2, 0.25) is 0 Å². The molecule has 3 atom stereocenters. The number of hydrogen-bond acceptors (Lipinski definition) is 3. The molecular weight excluding hydrogens is 361 g/mol. The van der Waals surface area contributed by atoms with Crippen LogP contribution in [-0.4, -0.2) is 12.1 Å². The summed E-state index contributed by atoms with van der Waals surface area (Å²) < 4.78 is 13.6. The van der Waals surface area contributed by atoms with E-state index in [-0.39, 0.29) is 11.9 Å². The minimum Gasteiger partial charge on any atom is -0.405 e. The van der Waals surface area contributed by atoms with E-state index in [4.69, 9.17) is 0 Å². The van der Waals surface area contributed by atoms with E-state index in [9.17, 15) is 4.39 Å². The fourth-order valence-electron chi connectivity index (χ4n) is 4.64. The van der Waals surface area contributed by atoms with Crippen molar-refractivity contribution in [3.8, 4) is 0 Å². The third kappa shape index (κ3) is 6.12. The van der Waals surface area contributed by atoms with E-state index in [1.807, 2.05) is 6.07 Å². The second-order valence-electron chi connectivity index (χ2n) is 8.72. The highest BCUT2D eigenvalue weighted by molar-refractivity contribution is 5.75. The van der Waals surface area contributed by atoms with Gasteiger partial charge in [0.15, 0.2) is 0 Å². The zero-order valence-corrected chi connectivity index (χ0v) is 18.5. The van der Waals surface area contributed by atoms with Crippen LogP contribution in [0.4, 0.5) is 4.39 Å². The molecule has 0 spiro atoms. The number of rotatable bonds is 6. The summed E-state index contributed by atoms with van der Waals surface area (Å²) in [5, 5.41) is 7.15. The summed E-state index contributed by atoms with van der Waals surface area (Å²) in [5.41, 5.74) is 9.42. The Labute approximate surface area is 176 Å². The van der Waals surface area contributed by atoms with Crippen LogP contribution in [0.3, 0.4) is 0 Å². The van der Waals surface area contributed by atoms with Crippen LogP contribution in [0.15, 0.2) is 49.0 Å². The van der Waals surface area contributed by atoms with E-state index < -0.39 is 0 Å². The van der Waals surface area contributed by atoms with E-state index >= 15 is 0 Å². The Bertz CT molecular complexity index is 750. The fourth-order valence-corrected chi connectivity index (χ4v) is 4.64. The maximum atomic E-state index is 13.6. The van der Waals surface area contributed by atoms with Crippen LogP contribution in [0.2, 0.25) is 0 Å². The van der Waals surface area contributed by atoms with E-state index in [1.165, 1.54) is 48.6 Å². The number of benzene rings is 1. The smallest absolute Gasteiger partial charge is 0.123 e. The van der Waals surface area contributed by atoms with Gasteiger partial charge in [-0.2, -0.15) is 0 Å². The normalized spacial score (nSPS) is 21.7. The number of hydrogen-bond donors (Lipinski definition) is 3. The summed E-state index contributed by atoms with van der Waals surface area (Å²) in [6.07, 6.45) is 7.26. The minimum atomic E-state index is -0.159. The number of fused-ring (bicyclic) bond motifs is 1. The predicted molar refractivity (Wildman–Crippen MR) is 123 cm³/mol. The lowest BCUT2D eigenvalue weighted by Crippen LogP contribution is -2.41. The molecule has 1 saturated carbocycles. The molecule has 1 aromatic carbocycles. The van der Waals surface area contributed by atoms with Gasteiger partial charge in [0.1, 0.15) is 5.82 Å². The Balaban J connectivity index is 0.000000941. The third-order valence-corrected chi connectivity index (χ3v) is 6.29. The first-order valence-corrected chi connectivity index (χ1v) is 10.8. The Hall–Kier alpha value is -2.23. The molecule has 2 aliphatic carbocycles. The summed E-state index contributed by atoms with van der Waals surface area (Å²) in [4.78, 5) is 0. The fraction of sp³-hybridized carbons (Fsp3) is 0.520. The molecule has 0 saturated heterocycles. The van der Waals surface area contributed by atoms with Crippen molar-refractivity contribution < 1.29 is 4.39 Å². The SMILES string of the molecule is C=C(NC1CCCC(C(C)C)C1)NC(C)C1=C(C)c2cc(F)ccc2C1.C=CN. The van der Waals surface area contributed by atoms with E-state index in [0.29, 0.717) is 6.04 Å². The molecule has 0 aromatic heterocycles. The number of allylic oxidation sites excluding steroid dienone is 1. The number of nitrogens with two attached hydrogens (primary N) is 1. The first-order valence-electron chi connectivity index (χ1n) is 10.8. The highest BCUT2D eigenvalue weighted by atomic mass is 19.1. The van der Waals surface area contributed by atoms with Gasteiger partial charge in [0.25, 0.3) is 0 Å². The third-order valence-electron chi connectivity index (χ3n) is 6.29. The van der Waals surface area contributed by atoms with Crippen molar-refractivity contribution in [3.63, 3.8) is 0 Å². The van der Waals surface area contributed by atoms with E-state index in [0.717, 1.165) is 29.6 Å². The van der Waals surface area contributed by atoms with Gasteiger partial charge >= 0.3 is 0 Å². The van der Waals surface area contributed by atoms with Crippen molar-refractivity contribution in [2.24, 2.45) is 17.6 Å². The molecule has 3 rings (SSSR count). The molecule has 0 heterocycles. The van der Waals surface area contributed by atoms with Crippen molar-refractivity contribution in [2.75, 3.05) is 0 Å². The van der Waals surface area contributed by atoms with Gasteiger partial charge in [-0.25, -0.2) is 4.39 Å². The molecule has 4 N–H and O–H groups in total. The second-order valence-corrected chi connectivity index (χ2v) is 8.72. The van der Waals surface area contributed by atoms with Crippen LogP contribution in [0.25, 0.3) is 5.57 Å². The van der Waals surface area contributed by atoms with Gasteiger partial charge in [0, 0.05) is 12.1 Å². The predicted octanol–water partition coefficient (Wildman–Crippen LogP) is 5.50. The molecule has 2 aliphatic rings. The Morgan fingerprint density at radius 2 is 1.97 bits per heavy atom. The Kier molecular flexibility index (Phi) is 8.36. The Morgan fingerprint density at radius 3 is 2.62 bits per heavy atom. The van der Waals surface area contributed by atoms with Crippen molar-refractivity contribution >= 4 is 5.57 Å². The zero-order valence-electron chi connectivity index (χ0n) is 18.5. The van der Waals surface area contributed by atoms with Gasteiger partial charge in [0.05, 0.1) is 5.82 Å². The van der Waals surface area contributed by atoms with Gasteiger partial charge in [-0.1, -0.05) is 45.9 Å². The average molecular weight is 400 g/mol. The summed E-state index contributed by atoms with van der Waals surface area (Å²) >= 11 is 0. The molecule has 4 heteroatoms. The molecule has 160 valence electrons. The molecule has 3 unspecified atom stereocenters. The summed E-state index contributed by atoms with van der Waals surface area (Å²) in [7, 11) is 0. The van der Waals surface area contributed by atoms with Crippen molar-refractivity contribution in [1.29, 1.82) is 0 Å². The van der Waals surface area contributed by atoms with Crippen LogP contribution in [0, 0.1) is 17.7 Å². The lowest BCUT2D eigenvalue weighted by Gasteiger charge is -2.34. The number of halogens is 1. The Morgan fingerprint density at radius 1 is 1.28 bits per heavy atom. The van der Waals surface area contributed by atoms with Gasteiger partial charge < -0.3 is 16.4 Å². The summed E-state index contributed by atoms with van der Waals surface area (Å²) in [6, 6.07) is 5.84. The van der Waals surface area contributed by atoms with Crippen LogP contribution in [-0.2, 0) is 6.42 Å². The van der Waals surface area contributed by atoms with E-state index in [1.54, 1.807) is 12.1 Å². The first kappa shape index (κ1) is 23.1. The van der Waals surface area contributed by atoms with Crippen LogP contribution >= 0.6 is 0 Å². The topological polar surface area (TPSA) is 50.1 Å². The van der Waals surface area contributed by atoms with E-state index in [2.05, 4.69) is 57.2 Å². The van der Waals surface area contributed by atoms with Crippen LogP contribution < -0.4 is 16.4 Å². The molecule has 29 heavy (non-hydrogen) atoms. The first-order chi connectivity index (χ1) is 13.8. The van der Waals surface area contributed by atoms with Crippen molar-refractivity contribution in [1.82, 2.24) is 10.6 Å². The van der Waals surface area contributed by atoms with Gasteiger partial charge in [-0.05, 0) is 85.6 Å². The molecule has 3 nitrogen and oxygen atoms in total. The molecular formula is C25H38FN3. The molecule has 0 amide bonds. The number of nitrogens with one attached hydrogen (secondary N) is 2. The highest BCUT2D eigenvalue weighted by Crippen LogP contribution is 2.35.